The molecule has 1 unspecified atom stereocenters. The van der Waals surface area contributed by atoms with Crippen LogP contribution in [0.2, 0.25) is 0 Å². The number of aromatic amines is 1. The third-order valence-corrected chi connectivity index (χ3v) is 8.67. The maximum atomic E-state index is 13.2. The van der Waals surface area contributed by atoms with E-state index in [2.05, 4.69) is 42.2 Å². The van der Waals surface area contributed by atoms with Crippen LogP contribution in [0, 0.1) is 0 Å². The summed E-state index contributed by atoms with van der Waals surface area (Å²) in [4.78, 5) is 28.7. The summed E-state index contributed by atoms with van der Waals surface area (Å²) in [5, 5.41) is 0.693. The van der Waals surface area contributed by atoms with Crippen molar-refractivity contribution in [1.82, 2.24) is 19.9 Å². The molecular weight excluding hydrogens is 516 g/mol. The maximum Gasteiger partial charge on any atom is 0.224 e. The first-order chi connectivity index (χ1) is 19.5. The Kier molecular flexibility index (Phi) is 7.42. The van der Waals surface area contributed by atoms with E-state index in [0.717, 1.165) is 11.3 Å². The lowest BCUT2D eigenvalue weighted by molar-refractivity contribution is -0.134. The number of benzene rings is 2. The lowest BCUT2D eigenvalue weighted by atomic mass is 9.54. The molecule has 0 spiro atoms. The van der Waals surface area contributed by atoms with Crippen LogP contribution in [0.1, 0.15) is 57.1 Å². The first kappa shape index (κ1) is 28.4. The first-order valence-electron chi connectivity index (χ1n) is 14.0. The molecule has 1 aliphatic heterocycles. The van der Waals surface area contributed by atoms with Gasteiger partial charge in [0.2, 0.25) is 5.91 Å². The van der Waals surface area contributed by atoms with Crippen LogP contribution in [0.5, 0.6) is 11.5 Å². The Hall–Kier alpha value is -4.11. The quantitative estimate of drug-likeness (QED) is 0.290. The van der Waals surface area contributed by atoms with Gasteiger partial charge in [-0.05, 0) is 57.4 Å². The summed E-state index contributed by atoms with van der Waals surface area (Å²) < 4.78 is 11.1. The molecule has 41 heavy (non-hydrogen) atoms. The molecular formula is C32H40N6O3. The highest BCUT2D eigenvalue weighted by atomic mass is 16.5. The maximum absolute atomic E-state index is 13.2. The van der Waals surface area contributed by atoms with Crippen LogP contribution in [0.3, 0.4) is 0 Å². The molecule has 5 N–H and O–H groups in total. The molecule has 0 aliphatic carbocycles. The molecule has 1 atom stereocenters. The second kappa shape index (κ2) is 10.7. The summed E-state index contributed by atoms with van der Waals surface area (Å²) in [7, 11) is 3.19. The zero-order valence-corrected chi connectivity index (χ0v) is 24.5. The Morgan fingerprint density at radius 1 is 1.00 bits per heavy atom. The zero-order chi connectivity index (χ0) is 29.4. The first-order valence-corrected chi connectivity index (χ1v) is 14.0. The number of rotatable bonds is 8. The van der Waals surface area contributed by atoms with Crippen molar-refractivity contribution in [3.63, 3.8) is 0 Å². The molecule has 216 valence electrons. The van der Waals surface area contributed by atoms with E-state index in [1.54, 1.807) is 14.2 Å². The Balaban J connectivity index is 1.69. The molecule has 4 aromatic rings. The monoisotopic (exact) mass is 556 g/mol. The molecule has 5 rings (SSSR count). The van der Waals surface area contributed by atoms with E-state index >= 15 is 0 Å². The van der Waals surface area contributed by atoms with Crippen LogP contribution in [0.4, 0.5) is 5.82 Å². The number of nitrogens with one attached hydrogen (secondary N) is 1. The summed E-state index contributed by atoms with van der Waals surface area (Å²) in [6, 6.07) is 18.2. The largest absolute Gasteiger partial charge is 0.493 e. The molecule has 1 aliphatic rings. The average Bonchev–Trinajstić information content (AvgIpc) is 3.51. The highest BCUT2D eigenvalue weighted by molar-refractivity contribution is 5.91. The molecule has 0 bridgehead atoms. The van der Waals surface area contributed by atoms with Gasteiger partial charge in [0.1, 0.15) is 11.6 Å². The number of nitrogens with two attached hydrogens (primary N) is 2. The Labute approximate surface area is 241 Å². The molecule has 1 saturated heterocycles. The van der Waals surface area contributed by atoms with Crippen molar-refractivity contribution in [1.29, 1.82) is 0 Å². The van der Waals surface area contributed by atoms with Gasteiger partial charge >= 0.3 is 0 Å². The van der Waals surface area contributed by atoms with Crippen LogP contribution in [-0.2, 0) is 15.6 Å². The smallest absolute Gasteiger partial charge is 0.224 e. The third-order valence-electron chi connectivity index (χ3n) is 8.67. The SMILES string of the molecule is COc1cc2nc(C(C)(c3ccc[nH]3)C3(c4ccccc4)CCN(C(=O)CC(C)(C)N)CC3)nc(N)c2cc1OC. The van der Waals surface area contributed by atoms with E-state index in [1.165, 1.54) is 0 Å². The van der Waals surface area contributed by atoms with E-state index in [9.17, 15) is 4.79 Å². The van der Waals surface area contributed by atoms with Crippen molar-refractivity contribution >= 4 is 22.6 Å². The van der Waals surface area contributed by atoms with Crippen molar-refractivity contribution in [2.75, 3.05) is 33.0 Å². The number of nitrogens with zero attached hydrogens (tertiary/aromatic N) is 3. The van der Waals surface area contributed by atoms with E-state index < -0.39 is 16.4 Å². The number of H-pyrrole nitrogens is 1. The summed E-state index contributed by atoms with van der Waals surface area (Å²) in [6.45, 7) is 7.14. The van der Waals surface area contributed by atoms with Gasteiger partial charge in [0, 0.05) is 53.8 Å². The number of ether oxygens (including phenoxy) is 2. The van der Waals surface area contributed by atoms with Gasteiger partial charge in [-0.3, -0.25) is 4.79 Å². The highest BCUT2D eigenvalue weighted by Gasteiger charge is 2.55. The molecule has 2 aromatic heterocycles. The third kappa shape index (κ3) is 4.99. The number of anilines is 1. The predicted molar refractivity (Wildman–Crippen MR) is 161 cm³/mol. The summed E-state index contributed by atoms with van der Waals surface area (Å²) >= 11 is 0. The van der Waals surface area contributed by atoms with Crippen LogP contribution >= 0.6 is 0 Å². The van der Waals surface area contributed by atoms with Gasteiger partial charge in [-0.25, -0.2) is 9.97 Å². The van der Waals surface area contributed by atoms with Gasteiger partial charge in [0.25, 0.3) is 0 Å². The number of aromatic nitrogens is 3. The molecule has 3 heterocycles. The van der Waals surface area contributed by atoms with E-state index in [1.807, 2.05) is 49.2 Å². The van der Waals surface area contributed by atoms with Gasteiger partial charge in [-0.15, -0.1) is 0 Å². The average molecular weight is 557 g/mol. The Morgan fingerprint density at radius 2 is 1.66 bits per heavy atom. The Bertz CT molecular complexity index is 1520. The number of fused-ring (bicyclic) bond motifs is 1. The van der Waals surface area contributed by atoms with Crippen molar-refractivity contribution < 1.29 is 14.3 Å². The number of carbonyl (C=O) groups is 1. The minimum atomic E-state index is -0.727. The second-order valence-corrected chi connectivity index (χ2v) is 11.9. The highest BCUT2D eigenvalue weighted by Crippen LogP contribution is 2.53. The van der Waals surface area contributed by atoms with Gasteiger partial charge < -0.3 is 30.8 Å². The topological polar surface area (TPSA) is 132 Å². The summed E-state index contributed by atoms with van der Waals surface area (Å²) in [5.41, 5.74) is 13.9. The molecule has 2 aromatic carbocycles. The number of hydrogen-bond donors (Lipinski definition) is 3. The van der Waals surface area contributed by atoms with Crippen LogP contribution in [0.15, 0.2) is 60.8 Å². The minimum absolute atomic E-state index is 0.0768. The van der Waals surface area contributed by atoms with Crippen LogP contribution < -0.4 is 20.9 Å². The lowest BCUT2D eigenvalue weighted by Crippen LogP contribution is -2.56. The van der Waals surface area contributed by atoms with Gasteiger partial charge in [-0.2, -0.15) is 0 Å². The number of hydrogen-bond acceptors (Lipinski definition) is 7. The van der Waals surface area contributed by atoms with Crippen molar-refractivity contribution in [2.45, 2.75) is 56.4 Å². The number of nitrogen functional groups attached to an aromatic ring is 1. The fourth-order valence-corrected chi connectivity index (χ4v) is 6.41. The number of amides is 1. The summed E-state index contributed by atoms with van der Waals surface area (Å²) in [5.74, 6) is 2.17. The van der Waals surface area contributed by atoms with E-state index in [0.29, 0.717) is 66.4 Å². The van der Waals surface area contributed by atoms with Crippen molar-refractivity contribution in [3.05, 3.63) is 77.9 Å². The van der Waals surface area contributed by atoms with Gasteiger partial charge in [0.15, 0.2) is 11.5 Å². The number of methoxy groups -OCH3 is 2. The number of piperidine rings is 1. The normalized spacial score (nSPS) is 16.8. The zero-order valence-electron chi connectivity index (χ0n) is 24.5. The lowest BCUT2D eigenvalue weighted by Gasteiger charge is -2.52. The van der Waals surface area contributed by atoms with Crippen molar-refractivity contribution in [3.8, 4) is 11.5 Å². The predicted octanol–water partition coefficient (Wildman–Crippen LogP) is 4.55. The minimum Gasteiger partial charge on any atom is -0.493 e. The fraction of sp³-hybridized carbons (Fsp3) is 0.406. The molecule has 9 nitrogen and oxygen atoms in total. The molecule has 0 saturated carbocycles. The molecule has 1 fully saturated rings. The number of likely N-dealkylation sites (tertiary alicyclic amines) is 1. The molecule has 0 radical (unpaired) electrons. The summed E-state index contributed by atoms with van der Waals surface area (Å²) in [6.07, 6.45) is 3.63. The second-order valence-electron chi connectivity index (χ2n) is 11.9. The Morgan fingerprint density at radius 3 is 2.24 bits per heavy atom. The van der Waals surface area contributed by atoms with Gasteiger partial charge in [0.05, 0.1) is 25.2 Å². The van der Waals surface area contributed by atoms with Crippen LogP contribution in [-0.4, -0.2) is 58.6 Å². The van der Waals surface area contributed by atoms with E-state index in [4.69, 9.17) is 30.9 Å². The van der Waals surface area contributed by atoms with Gasteiger partial charge in [-0.1, -0.05) is 30.3 Å². The fourth-order valence-electron chi connectivity index (χ4n) is 6.41. The van der Waals surface area contributed by atoms with Crippen molar-refractivity contribution in [2.24, 2.45) is 5.73 Å². The molecule has 9 heteroatoms. The van der Waals surface area contributed by atoms with Crippen LogP contribution in [0.25, 0.3) is 10.9 Å². The standard InChI is InChI=1S/C32H40N6O3/c1-30(2,34)20-27(39)38-16-13-32(14-17-38,21-10-7-6-8-11-21)31(3,26-12-9-15-35-26)29-36-23-19-25(41-5)24(40-4)18-22(23)28(33)37-29/h6-12,15,18-19,35H,13-14,16-17,20,34H2,1-5H3,(H2,33,36,37). The molecule has 1 amide bonds. The van der Waals surface area contributed by atoms with E-state index in [-0.39, 0.29) is 5.91 Å². The number of carbonyl (C=O) groups excluding carboxylic acids is 1.